The van der Waals surface area contributed by atoms with Crippen molar-refractivity contribution in [3.63, 3.8) is 0 Å². The van der Waals surface area contributed by atoms with Crippen molar-refractivity contribution in [2.45, 2.75) is 31.3 Å². The number of Topliss-reactive ketones (excluding diaryl/α,β-unsaturated/α-hetero) is 1. The molecule has 0 aliphatic heterocycles. The van der Waals surface area contributed by atoms with E-state index in [4.69, 9.17) is 4.74 Å². The van der Waals surface area contributed by atoms with Crippen LogP contribution in [0.15, 0.2) is 53.4 Å². The molecule has 1 atom stereocenters. The molecular formula is C20H22FNO5S. The Kier molecular flexibility index (Phi) is 7.04. The Morgan fingerprint density at radius 2 is 1.64 bits per heavy atom. The van der Waals surface area contributed by atoms with Gasteiger partial charge in [-0.25, -0.2) is 12.8 Å². The van der Waals surface area contributed by atoms with Crippen molar-refractivity contribution in [1.29, 1.82) is 0 Å². The molecule has 2 rings (SSSR count). The molecule has 0 heterocycles. The molecule has 0 N–H and O–H groups in total. The Morgan fingerprint density at radius 3 is 2.18 bits per heavy atom. The van der Waals surface area contributed by atoms with Gasteiger partial charge < -0.3 is 4.74 Å². The number of halogens is 1. The number of esters is 1. The molecule has 8 heteroatoms. The van der Waals surface area contributed by atoms with E-state index in [-0.39, 0.29) is 10.7 Å². The highest BCUT2D eigenvalue weighted by Crippen LogP contribution is 2.15. The molecule has 0 aliphatic carbocycles. The average molecular weight is 407 g/mol. The fourth-order valence-electron chi connectivity index (χ4n) is 2.48. The van der Waals surface area contributed by atoms with Crippen molar-refractivity contribution < 1.29 is 27.1 Å². The Morgan fingerprint density at radius 1 is 1.07 bits per heavy atom. The van der Waals surface area contributed by atoms with Crippen LogP contribution in [0, 0.1) is 5.82 Å². The summed E-state index contributed by atoms with van der Waals surface area (Å²) >= 11 is 0. The second kappa shape index (κ2) is 9.07. The number of carbonyl (C=O) groups excluding carboxylic acids is 2. The number of hydrogen-bond donors (Lipinski definition) is 0. The van der Waals surface area contributed by atoms with E-state index in [0.717, 1.165) is 40.6 Å². The summed E-state index contributed by atoms with van der Waals surface area (Å²) in [4.78, 5) is 24.3. The van der Waals surface area contributed by atoms with Gasteiger partial charge in [0.2, 0.25) is 15.8 Å². The lowest BCUT2D eigenvalue weighted by molar-refractivity contribution is -0.146. The third-order valence-corrected chi connectivity index (χ3v) is 6.02. The van der Waals surface area contributed by atoms with Gasteiger partial charge in [-0.15, -0.1) is 0 Å². The highest BCUT2D eigenvalue weighted by molar-refractivity contribution is 7.89. The van der Waals surface area contributed by atoms with Crippen LogP contribution in [-0.2, 0) is 26.0 Å². The molecule has 0 unspecified atom stereocenters. The lowest BCUT2D eigenvalue weighted by Crippen LogP contribution is -2.35. The van der Waals surface area contributed by atoms with Gasteiger partial charge in [-0.1, -0.05) is 31.2 Å². The number of ether oxygens (including phenoxy) is 1. The zero-order valence-corrected chi connectivity index (χ0v) is 16.7. The first-order valence-corrected chi connectivity index (χ1v) is 10.1. The fraction of sp³-hybridized carbons (Fsp3) is 0.300. The molecule has 150 valence electrons. The van der Waals surface area contributed by atoms with Crippen molar-refractivity contribution in [2.24, 2.45) is 0 Å². The average Bonchev–Trinajstić information content (AvgIpc) is 2.67. The molecule has 2 aromatic carbocycles. The minimum Gasteiger partial charge on any atom is -0.453 e. The Hall–Kier alpha value is -2.58. The van der Waals surface area contributed by atoms with Crippen LogP contribution in [0.4, 0.5) is 4.39 Å². The number of benzene rings is 2. The molecule has 0 radical (unpaired) electrons. The first-order chi connectivity index (χ1) is 13.1. The third-order valence-electron chi connectivity index (χ3n) is 4.20. The van der Waals surface area contributed by atoms with Gasteiger partial charge in [-0.2, -0.15) is 4.31 Å². The summed E-state index contributed by atoms with van der Waals surface area (Å²) in [6.45, 7) is 2.85. The van der Waals surface area contributed by atoms with Gasteiger partial charge in [0.25, 0.3) is 0 Å². The van der Waals surface area contributed by atoms with E-state index >= 15 is 0 Å². The number of hydrogen-bond acceptors (Lipinski definition) is 5. The lowest BCUT2D eigenvalue weighted by Gasteiger charge is -2.18. The van der Waals surface area contributed by atoms with Gasteiger partial charge in [0, 0.05) is 12.6 Å². The van der Waals surface area contributed by atoms with Crippen LogP contribution in [0.25, 0.3) is 0 Å². The van der Waals surface area contributed by atoms with E-state index in [1.807, 2.05) is 19.1 Å². The molecule has 0 aliphatic rings. The fourth-order valence-corrected chi connectivity index (χ4v) is 3.60. The monoisotopic (exact) mass is 407 g/mol. The number of carbonyl (C=O) groups is 2. The van der Waals surface area contributed by atoms with Crippen LogP contribution < -0.4 is 0 Å². The van der Waals surface area contributed by atoms with Crippen molar-refractivity contribution in [3.8, 4) is 0 Å². The molecule has 0 amide bonds. The second-order valence-corrected chi connectivity index (χ2v) is 8.31. The van der Waals surface area contributed by atoms with Gasteiger partial charge in [-0.05, 0) is 43.2 Å². The molecule has 6 nitrogen and oxygen atoms in total. The predicted octanol–water partition coefficient (Wildman–Crippen LogP) is 2.82. The van der Waals surface area contributed by atoms with Crippen molar-refractivity contribution in [2.75, 3.05) is 13.6 Å². The molecule has 0 bridgehead atoms. The van der Waals surface area contributed by atoms with E-state index in [1.165, 1.54) is 14.0 Å². The van der Waals surface area contributed by atoms with Crippen LogP contribution in [0.1, 0.15) is 29.8 Å². The maximum atomic E-state index is 13.0. The first-order valence-electron chi connectivity index (χ1n) is 8.69. The van der Waals surface area contributed by atoms with Crippen LogP contribution in [0.5, 0.6) is 0 Å². The van der Waals surface area contributed by atoms with Crippen LogP contribution >= 0.6 is 0 Å². The summed E-state index contributed by atoms with van der Waals surface area (Å²) in [5.41, 5.74) is 1.48. The van der Waals surface area contributed by atoms with E-state index < -0.39 is 34.5 Å². The topological polar surface area (TPSA) is 80.8 Å². The highest BCUT2D eigenvalue weighted by Gasteiger charge is 2.26. The zero-order valence-electron chi connectivity index (χ0n) is 15.9. The number of rotatable bonds is 8. The minimum atomic E-state index is -3.99. The van der Waals surface area contributed by atoms with E-state index in [9.17, 15) is 22.4 Å². The predicted molar refractivity (Wildman–Crippen MR) is 102 cm³/mol. The van der Waals surface area contributed by atoms with Gasteiger partial charge >= 0.3 is 5.97 Å². The number of ketones is 1. The van der Waals surface area contributed by atoms with E-state index in [0.29, 0.717) is 5.56 Å². The summed E-state index contributed by atoms with van der Waals surface area (Å²) in [5.74, 6) is -1.81. The number of nitrogens with zero attached hydrogens (tertiary/aromatic N) is 1. The van der Waals surface area contributed by atoms with E-state index in [2.05, 4.69) is 0 Å². The van der Waals surface area contributed by atoms with Crippen LogP contribution in [-0.4, -0.2) is 44.2 Å². The summed E-state index contributed by atoms with van der Waals surface area (Å²) < 4.78 is 43.7. The molecule has 28 heavy (non-hydrogen) atoms. The van der Waals surface area contributed by atoms with Crippen molar-refractivity contribution in [1.82, 2.24) is 4.31 Å². The molecule has 2 aromatic rings. The molecule has 0 saturated carbocycles. The first kappa shape index (κ1) is 21.7. The molecule has 0 saturated heterocycles. The van der Waals surface area contributed by atoms with Crippen LogP contribution in [0.3, 0.4) is 0 Å². The van der Waals surface area contributed by atoms with Gasteiger partial charge in [0.1, 0.15) is 12.4 Å². The maximum Gasteiger partial charge on any atom is 0.322 e. The molecular weight excluding hydrogens is 385 g/mol. The summed E-state index contributed by atoms with van der Waals surface area (Å²) in [6.07, 6.45) is -0.213. The van der Waals surface area contributed by atoms with E-state index in [1.54, 1.807) is 12.1 Å². The largest absolute Gasteiger partial charge is 0.453 e. The summed E-state index contributed by atoms with van der Waals surface area (Å²) in [6, 6.07) is 11.2. The smallest absolute Gasteiger partial charge is 0.322 e. The van der Waals surface area contributed by atoms with Gasteiger partial charge in [0.05, 0.1) is 4.90 Å². The lowest BCUT2D eigenvalue weighted by atomic mass is 10.0. The quantitative estimate of drug-likeness (QED) is 0.497. The number of aryl methyl sites for hydroxylation is 1. The summed E-state index contributed by atoms with van der Waals surface area (Å²) in [7, 11) is -2.78. The molecule has 0 fully saturated rings. The van der Waals surface area contributed by atoms with Crippen molar-refractivity contribution >= 4 is 21.8 Å². The van der Waals surface area contributed by atoms with Crippen LogP contribution in [0.2, 0.25) is 0 Å². The number of likely N-dealkylation sites (N-methyl/N-ethyl adjacent to an activating group) is 1. The standard InChI is InChI=1S/C20H22FNO5S/c1-4-15-5-7-16(8-6-15)20(24)14(2)27-19(23)13-22(3)28(25,26)18-11-9-17(21)10-12-18/h5-12,14H,4,13H2,1-3H3/t14-/m0/s1. The SMILES string of the molecule is CCc1ccc(C(=O)[C@H](C)OC(=O)CN(C)S(=O)(=O)c2ccc(F)cc2)cc1. The Labute approximate surface area is 164 Å². The zero-order chi connectivity index (χ0) is 20.9. The van der Waals surface area contributed by atoms with Crippen molar-refractivity contribution in [3.05, 3.63) is 65.5 Å². The Bertz CT molecular complexity index is 940. The highest BCUT2D eigenvalue weighted by atomic mass is 32.2. The third kappa shape index (κ3) is 5.24. The normalized spacial score (nSPS) is 12.6. The maximum absolute atomic E-state index is 13.0. The molecule has 0 aromatic heterocycles. The van der Waals surface area contributed by atoms with Gasteiger partial charge in [0.15, 0.2) is 6.10 Å². The second-order valence-electron chi connectivity index (χ2n) is 6.26. The Balaban J connectivity index is 1.99. The van der Waals surface area contributed by atoms with Gasteiger partial charge in [-0.3, -0.25) is 9.59 Å². The molecule has 0 spiro atoms. The summed E-state index contributed by atoms with van der Waals surface area (Å²) in [5, 5.41) is 0. The number of sulfonamides is 1. The minimum absolute atomic E-state index is 0.149.